The van der Waals surface area contributed by atoms with Gasteiger partial charge in [-0.3, -0.25) is 9.35 Å². The lowest BCUT2D eigenvalue weighted by Crippen LogP contribution is -2.53. The third-order valence-electron chi connectivity index (χ3n) is 8.90. The topological polar surface area (TPSA) is 121 Å². The first-order valence-electron chi connectivity index (χ1n) is 12.0. The fraction of sp³-hybridized carbons (Fsp3) is 0.955. The van der Waals surface area contributed by atoms with Crippen molar-refractivity contribution in [2.24, 2.45) is 29.6 Å². The predicted octanol–water partition coefficient (Wildman–Crippen LogP) is 3.53. The average molecular weight is 517 g/mol. The third-order valence-corrected chi connectivity index (χ3v) is 9.84. The second-order valence-corrected chi connectivity index (χ2v) is 12.3. The molecular weight excluding hydrogens is 484 g/mol. The van der Waals surface area contributed by atoms with Gasteiger partial charge in [-0.2, -0.15) is 26.0 Å². The van der Waals surface area contributed by atoms with E-state index in [-0.39, 0.29) is 23.7 Å². The maximum absolute atomic E-state index is 13.7. The molecule has 12 heteroatoms. The molecule has 0 aromatic carbocycles. The molecule has 0 aromatic rings. The van der Waals surface area contributed by atoms with Crippen LogP contribution >= 0.6 is 0 Å². The Balaban J connectivity index is 1.45. The van der Waals surface area contributed by atoms with Gasteiger partial charge in [-0.25, -0.2) is 0 Å². The Bertz CT molecular complexity index is 897. The number of alkyl halides is 4. The zero-order valence-corrected chi connectivity index (χ0v) is 19.6. The summed E-state index contributed by atoms with van der Waals surface area (Å²) in [5, 5.41) is 17.2. The van der Waals surface area contributed by atoms with E-state index in [1.54, 1.807) is 0 Å². The van der Waals surface area contributed by atoms with E-state index in [9.17, 15) is 41.0 Å². The molecule has 196 valence electrons. The summed E-state index contributed by atoms with van der Waals surface area (Å²) in [6, 6.07) is 0. The highest BCUT2D eigenvalue weighted by atomic mass is 32.2. The van der Waals surface area contributed by atoms with Gasteiger partial charge in [0.15, 0.2) is 0 Å². The largest absolute Gasteiger partial charge is 0.465 e. The van der Waals surface area contributed by atoms with Crippen molar-refractivity contribution >= 4 is 16.1 Å². The number of ether oxygens (including phenoxy) is 1. The number of halogens is 4. The summed E-state index contributed by atoms with van der Waals surface area (Å²) in [6.07, 6.45) is 5.04. The van der Waals surface area contributed by atoms with Crippen LogP contribution in [0.1, 0.15) is 70.6 Å². The van der Waals surface area contributed by atoms with Crippen LogP contribution < -0.4 is 0 Å². The summed E-state index contributed by atoms with van der Waals surface area (Å²) in [7, 11) is -6.35. The Kier molecular flexibility index (Phi) is 6.56. The lowest BCUT2D eigenvalue weighted by Gasteiger charge is -2.48. The smallest absolute Gasteiger partial charge is 0.431 e. The van der Waals surface area contributed by atoms with E-state index in [0.717, 1.165) is 25.7 Å². The van der Waals surface area contributed by atoms with Crippen molar-refractivity contribution in [1.29, 1.82) is 0 Å². The van der Waals surface area contributed by atoms with E-state index in [1.807, 2.05) is 0 Å². The number of hydrogen-bond acceptors (Lipinski definition) is 6. The van der Waals surface area contributed by atoms with E-state index >= 15 is 0 Å². The summed E-state index contributed by atoms with van der Waals surface area (Å²) >= 11 is 0. The minimum Gasteiger partial charge on any atom is -0.465 e. The Morgan fingerprint density at radius 2 is 1.41 bits per heavy atom. The van der Waals surface area contributed by atoms with Crippen LogP contribution in [0, 0.1) is 29.6 Å². The molecule has 0 heterocycles. The minimum atomic E-state index is -6.35. The SMILES string of the molecule is O=C(OCCC(F)(F)C(F)(F)S(=O)(=O)O)C1CC2CC1C(C1(O)CCCC1)C2C1(O)CCCC1. The van der Waals surface area contributed by atoms with E-state index in [1.165, 1.54) is 0 Å². The number of hydrogen-bond donors (Lipinski definition) is 3. The van der Waals surface area contributed by atoms with E-state index < -0.39 is 57.4 Å². The zero-order chi connectivity index (χ0) is 25.2. The Labute approximate surface area is 196 Å². The molecule has 5 unspecified atom stereocenters. The van der Waals surface area contributed by atoms with Crippen molar-refractivity contribution in [3.05, 3.63) is 0 Å². The normalized spacial score (nSPS) is 35.1. The highest BCUT2D eigenvalue weighted by Crippen LogP contribution is 2.65. The number of carbonyl (C=O) groups excluding carboxylic acids is 1. The Morgan fingerprint density at radius 1 is 0.912 bits per heavy atom. The minimum absolute atomic E-state index is 0.0365. The van der Waals surface area contributed by atoms with Gasteiger partial charge in [0.05, 0.1) is 30.1 Å². The van der Waals surface area contributed by atoms with Crippen LogP contribution in [0.3, 0.4) is 0 Å². The van der Waals surface area contributed by atoms with Crippen LogP contribution in [0.4, 0.5) is 17.6 Å². The van der Waals surface area contributed by atoms with Gasteiger partial charge in [0.2, 0.25) is 0 Å². The Morgan fingerprint density at radius 3 is 1.91 bits per heavy atom. The molecule has 0 radical (unpaired) electrons. The summed E-state index contributed by atoms with van der Waals surface area (Å²) < 4.78 is 88.7. The molecule has 0 aliphatic heterocycles. The van der Waals surface area contributed by atoms with Crippen LogP contribution in [-0.4, -0.2) is 58.1 Å². The van der Waals surface area contributed by atoms with Crippen LogP contribution in [0.25, 0.3) is 0 Å². The van der Waals surface area contributed by atoms with Crippen LogP contribution in [0.15, 0.2) is 0 Å². The number of carbonyl (C=O) groups is 1. The second-order valence-electron chi connectivity index (χ2n) is 10.8. The van der Waals surface area contributed by atoms with Gasteiger partial charge < -0.3 is 14.9 Å². The van der Waals surface area contributed by atoms with Crippen molar-refractivity contribution < 1.29 is 50.3 Å². The number of aliphatic hydroxyl groups is 2. The average Bonchev–Trinajstić information content (AvgIpc) is 3.50. The fourth-order valence-corrected chi connectivity index (χ4v) is 7.98. The van der Waals surface area contributed by atoms with Crippen LogP contribution in [0.5, 0.6) is 0 Å². The quantitative estimate of drug-likeness (QED) is 0.256. The van der Waals surface area contributed by atoms with Crippen molar-refractivity contribution in [2.45, 2.75) is 93.0 Å². The highest BCUT2D eigenvalue weighted by molar-refractivity contribution is 7.87. The lowest BCUT2D eigenvalue weighted by molar-refractivity contribution is -0.179. The molecule has 5 atom stereocenters. The molecule has 0 aromatic heterocycles. The lowest BCUT2D eigenvalue weighted by atomic mass is 9.60. The number of esters is 1. The van der Waals surface area contributed by atoms with Gasteiger partial charge in [0.1, 0.15) is 0 Å². The number of fused-ring (bicyclic) bond motifs is 2. The number of rotatable bonds is 8. The van der Waals surface area contributed by atoms with Crippen molar-refractivity contribution in [3.63, 3.8) is 0 Å². The third kappa shape index (κ3) is 4.16. The van der Waals surface area contributed by atoms with Crippen molar-refractivity contribution in [2.75, 3.05) is 6.61 Å². The second kappa shape index (κ2) is 8.55. The molecule has 34 heavy (non-hydrogen) atoms. The van der Waals surface area contributed by atoms with Crippen LogP contribution in [-0.2, 0) is 19.6 Å². The van der Waals surface area contributed by atoms with Gasteiger partial charge in [0.25, 0.3) is 0 Å². The molecule has 0 amide bonds. The first kappa shape index (κ1) is 26.1. The molecule has 7 nitrogen and oxygen atoms in total. The van der Waals surface area contributed by atoms with E-state index in [0.29, 0.717) is 38.5 Å². The molecule has 0 saturated heterocycles. The van der Waals surface area contributed by atoms with Crippen molar-refractivity contribution in [3.8, 4) is 0 Å². The molecule has 4 rings (SSSR count). The summed E-state index contributed by atoms with van der Waals surface area (Å²) in [5.41, 5.74) is -1.92. The van der Waals surface area contributed by atoms with Gasteiger partial charge in [0, 0.05) is 0 Å². The molecule has 4 fully saturated rings. The first-order chi connectivity index (χ1) is 15.6. The molecule has 4 saturated carbocycles. The standard InChI is InChI=1S/C22H32F4O7S/c23-21(24,22(25,26)34(30,31)32)9-10-33-18(27)15-12-13-11-14(15)17(20(29)7-3-4-8-20)16(13)19(28)5-1-2-6-19/h13-17,28-29H,1-12H2,(H,30,31,32). The summed E-state index contributed by atoms with van der Waals surface area (Å²) in [4.78, 5) is 12.8. The highest BCUT2D eigenvalue weighted by Gasteiger charge is 2.67. The van der Waals surface area contributed by atoms with Gasteiger partial charge in [-0.1, -0.05) is 25.7 Å². The summed E-state index contributed by atoms with van der Waals surface area (Å²) in [6.45, 7) is -1.15. The van der Waals surface area contributed by atoms with Crippen molar-refractivity contribution in [1.82, 2.24) is 0 Å². The predicted molar refractivity (Wildman–Crippen MR) is 111 cm³/mol. The van der Waals surface area contributed by atoms with Gasteiger partial charge >= 0.3 is 27.3 Å². The summed E-state index contributed by atoms with van der Waals surface area (Å²) in [5.74, 6) is -7.53. The molecule has 2 bridgehead atoms. The van der Waals surface area contributed by atoms with E-state index in [2.05, 4.69) is 0 Å². The first-order valence-corrected chi connectivity index (χ1v) is 13.4. The molecule has 0 spiro atoms. The van der Waals surface area contributed by atoms with Crippen LogP contribution in [0.2, 0.25) is 0 Å². The zero-order valence-electron chi connectivity index (χ0n) is 18.8. The molecule has 4 aliphatic rings. The van der Waals surface area contributed by atoms with Gasteiger partial charge in [-0.05, 0) is 62.2 Å². The Hall–Kier alpha value is -0.980. The molecular formula is C22H32F4O7S. The maximum Gasteiger partial charge on any atom is 0.431 e. The molecule has 4 aliphatic carbocycles. The van der Waals surface area contributed by atoms with Gasteiger partial charge in [-0.15, -0.1) is 0 Å². The molecule has 3 N–H and O–H groups in total. The monoisotopic (exact) mass is 516 g/mol. The fourth-order valence-electron chi connectivity index (χ4n) is 7.50. The van der Waals surface area contributed by atoms with E-state index in [4.69, 9.17) is 9.29 Å². The maximum atomic E-state index is 13.7.